The van der Waals surface area contributed by atoms with Gasteiger partial charge in [-0.15, -0.1) is 12.4 Å². The summed E-state index contributed by atoms with van der Waals surface area (Å²) >= 11 is 0. The first-order chi connectivity index (χ1) is 13.6. The highest BCUT2D eigenvalue weighted by Crippen LogP contribution is 2.40. The highest BCUT2D eigenvalue weighted by Gasteiger charge is 2.29. The van der Waals surface area contributed by atoms with E-state index in [0.29, 0.717) is 39.9 Å². The molecule has 6 nitrogen and oxygen atoms in total. The molecule has 1 saturated carbocycles. The predicted molar refractivity (Wildman–Crippen MR) is 106 cm³/mol. The third kappa shape index (κ3) is 3.75. The first-order valence-corrected chi connectivity index (χ1v) is 8.90. The summed E-state index contributed by atoms with van der Waals surface area (Å²) in [5.74, 6) is -0.0459. The molecule has 5 rings (SSSR count). The van der Waals surface area contributed by atoms with E-state index in [1.807, 2.05) is 19.1 Å². The molecule has 29 heavy (non-hydrogen) atoms. The van der Waals surface area contributed by atoms with Crippen molar-refractivity contribution in [3.63, 3.8) is 0 Å². The standard InChI is InChI=1S/C20H15F2N5O.ClH/c1-10-2-5-15-17(25-14-7-12(21)6-13(22)8-14)16(9-23-19(15)24-10)20-26-18(27-28-20)11-3-4-11;/h2,5-9,11H,3-4H2,1H3,(H,23,24,25);1H. The van der Waals surface area contributed by atoms with Crippen LogP contribution in [0.1, 0.15) is 30.3 Å². The molecule has 1 aliphatic carbocycles. The van der Waals surface area contributed by atoms with Crippen LogP contribution < -0.4 is 5.32 Å². The maximum atomic E-state index is 13.7. The Morgan fingerprint density at radius 2 is 1.83 bits per heavy atom. The van der Waals surface area contributed by atoms with Crippen molar-refractivity contribution in [2.24, 2.45) is 0 Å². The van der Waals surface area contributed by atoms with Gasteiger partial charge in [0.15, 0.2) is 11.5 Å². The minimum Gasteiger partial charge on any atom is -0.354 e. The van der Waals surface area contributed by atoms with Crippen molar-refractivity contribution in [3.05, 3.63) is 59.7 Å². The highest BCUT2D eigenvalue weighted by atomic mass is 35.5. The fraction of sp³-hybridized carbons (Fsp3) is 0.200. The number of hydrogen-bond acceptors (Lipinski definition) is 6. The lowest BCUT2D eigenvalue weighted by atomic mass is 10.1. The number of rotatable bonds is 4. The molecule has 9 heteroatoms. The van der Waals surface area contributed by atoms with Crippen LogP contribution in [0.25, 0.3) is 22.5 Å². The van der Waals surface area contributed by atoms with Gasteiger partial charge in [0.05, 0.1) is 11.3 Å². The number of aromatic nitrogens is 4. The fourth-order valence-electron chi connectivity index (χ4n) is 3.09. The van der Waals surface area contributed by atoms with Gasteiger partial charge in [-0.1, -0.05) is 5.16 Å². The van der Waals surface area contributed by atoms with Gasteiger partial charge in [-0.25, -0.2) is 18.7 Å². The molecule has 0 aliphatic heterocycles. The Hall–Kier alpha value is -3.13. The second kappa shape index (κ2) is 7.36. The SMILES string of the molecule is Cc1ccc2c(Nc3cc(F)cc(F)c3)c(-c3nc(C4CC4)no3)cnc2n1.Cl. The van der Waals surface area contributed by atoms with Crippen molar-refractivity contribution in [3.8, 4) is 11.5 Å². The molecule has 3 heterocycles. The fourth-order valence-corrected chi connectivity index (χ4v) is 3.09. The van der Waals surface area contributed by atoms with Crippen LogP contribution in [0.15, 0.2) is 41.1 Å². The molecule has 0 saturated heterocycles. The Balaban J connectivity index is 0.00000205. The lowest BCUT2D eigenvalue weighted by Gasteiger charge is -2.13. The molecular weight excluding hydrogens is 400 g/mol. The second-order valence-corrected chi connectivity index (χ2v) is 6.89. The topological polar surface area (TPSA) is 76.7 Å². The number of fused-ring (bicyclic) bond motifs is 1. The Morgan fingerprint density at radius 3 is 2.55 bits per heavy atom. The number of nitrogens with one attached hydrogen (secondary N) is 1. The van der Waals surface area contributed by atoms with Gasteiger partial charge in [0.25, 0.3) is 5.89 Å². The van der Waals surface area contributed by atoms with E-state index in [9.17, 15) is 8.78 Å². The van der Waals surface area contributed by atoms with E-state index in [0.717, 1.165) is 24.6 Å². The molecule has 148 valence electrons. The molecule has 1 N–H and O–H groups in total. The van der Waals surface area contributed by atoms with Crippen LogP contribution in [-0.2, 0) is 0 Å². The summed E-state index contributed by atoms with van der Waals surface area (Å²) in [6, 6.07) is 6.94. The number of hydrogen-bond donors (Lipinski definition) is 1. The zero-order valence-electron chi connectivity index (χ0n) is 15.3. The summed E-state index contributed by atoms with van der Waals surface area (Å²) in [6.45, 7) is 1.87. The first-order valence-electron chi connectivity index (χ1n) is 8.90. The highest BCUT2D eigenvalue weighted by molar-refractivity contribution is 5.98. The number of aryl methyl sites for hydroxylation is 1. The van der Waals surface area contributed by atoms with Crippen LogP contribution in [0.2, 0.25) is 0 Å². The smallest absolute Gasteiger partial charge is 0.261 e. The van der Waals surface area contributed by atoms with E-state index in [1.165, 1.54) is 12.1 Å². The van der Waals surface area contributed by atoms with E-state index in [2.05, 4.69) is 25.4 Å². The van der Waals surface area contributed by atoms with E-state index in [-0.39, 0.29) is 18.1 Å². The van der Waals surface area contributed by atoms with Crippen LogP contribution in [0.4, 0.5) is 20.2 Å². The van der Waals surface area contributed by atoms with Crippen LogP contribution in [0.5, 0.6) is 0 Å². The summed E-state index contributed by atoms with van der Waals surface area (Å²) in [6.07, 6.45) is 3.68. The largest absolute Gasteiger partial charge is 0.354 e. The summed E-state index contributed by atoms with van der Waals surface area (Å²) in [4.78, 5) is 13.3. The van der Waals surface area contributed by atoms with Crippen molar-refractivity contribution in [2.45, 2.75) is 25.7 Å². The van der Waals surface area contributed by atoms with Gasteiger partial charge in [-0.3, -0.25) is 0 Å². The lowest BCUT2D eigenvalue weighted by Crippen LogP contribution is -1.99. The molecule has 1 fully saturated rings. The monoisotopic (exact) mass is 415 g/mol. The van der Waals surface area contributed by atoms with E-state index in [1.54, 1.807) is 6.20 Å². The van der Waals surface area contributed by atoms with Crippen molar-refractivity contribution in [2.75, 3.05) is 5.32 Å². The van der Waals surface area contributed by atoms with Crippen LogP contribution in [0, 0.1) is 18.6 Å². The summed E-state index contributed by atoms with van der Waals surface area (Å²) < 4.78 is 32.8. The van der Waals surface area contributed by atoms with Crippen LogP contribution in [0.3, 0.4) is 0 Å². The Morgan fingerprint density at radius 1 is 1.07 bits per heavy atom. The quantitative estimate of drug-likeness (QED) is 0.486. The zero-order valence-corrected chi connectivity index (χ0v) is 16.1. The number of pyridine rings is 2. The van der Waals surface area contributed by atoms with Gasteiger partial charge in [-0.05, 0) is 44.0 Å². The molecule has 3 aromatic heterocycles. The van der Waals surface area contributed by atoms with Crippen molar-refractivity contribution in [1.29, 1.82) is 0 Å². The van der Waals surface area contributed by atoms with Gasteiger partial charge in [-0.2, -0.15) is 4.98 Å². The normalized spacial score (nSPS) is 13.3. The number of nitrogens with zero attached hydrogens (tertiary/aromatic N) is 4. The molecule has 4 aromatic rings. The molecule has 0 radical (unpaired) electrons. The maximum absolute atomic E-state index is 13.7. The van der Waals surface area contributed by atoms with Gasteiger partial charge in [0.1, 0.15) is 11.6 Å². The molecule has 0 unspecified atom stereocenters. The molecule has 0 atom stereocenters. The summed E-state index contributed by atoms with van der Waals surface area (Å²) in [5, 5.41) is 7.81. The molecule has 0 spiro atoms. The van der Waals surface area contributed by atoms with Crippen molar-refractivity contribution in [1.82, 2.24) is 20.1 Å². The molecular formula is C20H16ClF2N5O. The predicted octanol–water partition coefficient (Wildman–Crippen LogP) is 5.31. The van der Waals surface area contributed by atoms with E-state index < -0.39 is 11.6 Å². The molecule has 0 amide bonds. The Kier molecular flexibility index (Phi) is 4.87. The number of benzene rings is 1. The average molecular weight is 416 g/mol. The van der Waals surface area contributed by atoms with Crippen LogP contribution in [-0.4, -0.2) is 20.1 Å². The van der Waals surface area contributed by atoms with E-state index in [4.69, 9.17) is 4.52 Å². The Labute approximate surface area is 170 Å². The third-order valence-corrected chi connectivity index (χ3v) is 4.62. The molecule has 1 aromatic carbocycles. The average Bonchev–Trinajstić information content (AvgIpc) is 3.38. The molecule has 1 aliphatic rings. The molecule has 0 bridgehead atoms. The minimum atomic E-state index is -0.676. The van der Waals surface area contributed by atoms with Gasteiger partial charge in [0, 0.05) is 34.9 Å². The maximum Gasteiger partial charge on any atom is 0.261 e. The summed E-state index contributed by atoms with van der Waals surface area (Å²) in [5.41, 5.74) is 2.67. The van der Waals surface area contributed by atoms with E-state index >= 15 is 0 Å². The van der Waals surface area contributed by atoms with Crippen molar-refractivity contribution >= 4 is 34.8 Å². The van der Waals surface area contributed by atoms with Gasteiger partial charge < -0.3 is 9.84 Å². The second-order valence-electron chi connectivity index (χ2n) is 6.89. The zero-order chi connectivity index (χ0) is 19.3. The first kappa shape index (κ1) is 19.2. The third-order valence-electron chi connectivity index (χ3n) is 4.62. The lowest BCUT2D eigenvalue weighted by molar-refractivity contribution is 0.423. The van der Waals surface area contributed by atoms with Crippen molar-refractivity contribution < 1.29 is 13.3 Å². The minimum absolute atomic E-state index is 0. The number of anilines is 2. The summed E-state index contributed by atoms with van der Waals surface area (Å²) in [7, 11) is 0. The van der Waals surface area contributed by atoms with Gasteiger partial charge >= 0.3 is 0 Å². The van der Waals surface area contributed by atoms with Crippen LogP contribution >= 0.6 is 12.4 Å². The van der Waals surface area contributed by atoms with Gasteiger partial charge in [0.2, 0.25) is 0 Å². The number of halogens is 3. The Bertz CT molecular complexity index is 1190.